The molecule has 1 aromatic carbocycles. The van der Waals surface area contributed by atoms with Crippen LogP contribution in [0, 0.1) is 5.92 Å². The standard InChI is InChI=1S/C19H25N5O/c1-3-24-19-7-5-4-6-16(19)18(21-24)12-23-10-15(13-25)17(11-23)14-8-20-22(2)9-14/h4-9,15,17,25H,3,10-13H2,1-2H3/t15-,17-/m0/s1. The van der Waals surface area contributed by atoms with Gasteiger partial charge >= 0.3 is 0 Å². The van der Waals surface area contributed by atoms with Gasteiger partial charge in [0.1, 0.15) is 0 Å². The Bertz CT molecular complexity index is 868. The molecule has 0 unspecified atom stereocenters. The normalized spacial score (nSPS) is 21.4. The Morgan fingerprint density at radius 3 is 2.80 bits per heavy atom. The number of fused-ring (bicyclic) bond motifs is 1. The summed E-state index contributed by atoms with van der Waals surface area (Å²) in [5, 5.41) is 20.2. The fraction of sp³-hybridized carbons (Fsp3) is 0.474. The average Bonchev–Trinajstić information content (AvgIpc) is 3.32. The summed E-state index contributed by atoms with van der Waals surface area (Å²) in [6.07, 6.45) is 4.00. The summed E-state index contributed by atoms with van der Waals surface area (Å²) in [4.78, 5) is 2.41. The minimum absolute atomic E-state index is 0.209. The maximum atomic E-state index is 9.83. The van der Waals surface area contributed by atoms with Gasteiger partial charge in [0, 0.05) is 63.3 Å². The molecular formula is C19H25N5O. The van der Waals surface area contributed by atoms with Gasteiger partial charge in [-0.2, -0.15) is 10.2 Å². The number of para-hydroxylation sites is 1. The highest BCUT2D eigenvalue weighted by Crippen LogP contribution is 2.33. The van der Waals surface area contributed by atoms with Crippen molar-refractivity contribution in [2.45, 2.75) is 25.9 Å². The van der Waals surface area contributed by atoms with Crippen LogP contribution in [0.3, 0.4) is 0 Å². The van der Waals surface area contributed by atoms with Crippen molar-refractivity contribution in [1.82, 2.24) is 24.5 Å². The van der Waals surface area contributed by atoms with E-state index in [1.807, 2.05) is 17.9 Å². The zero-order valence-corrected chi connectivity index (χ0v) is 14.8. The molecule has 0 radical (unpaired) electrons. The van der Waals surface area contributed by atoms with E-state index in [4.69, 9.17) is 5.10 Å². The monoisotopic (exact) mass is 339 g/mol. The summed E-state index contributed by atoms with van der Waals surface area (Å²) in [5.74, 6) is 0.585. The third-order valence-corrected chi connectivity index (χ3v) is 5.31. The predicted octanol–water partition coefficient (Wildman–Crippen LogP) is 2.00. The lowest BCUT2D eigenvalue weighted by Crippen LogP contribution is -2.21. The third-order valence-electron chi connectivity index (χ3n) is 5.31. The van der Waals surface area contributed by atoms with Gasteiger partial charge in [0.05, 0.1) is 17.4 Å². The molecule has 1 fully saturated rings. The number of aliphatic hydroxyl groups excluding tert-OH is 1. The van der Waals surface area contributed by atoms with Gasteiger partial charge in [0.15, 0.2) is 0 Å². The highest BCUT2D eigenvalue weighted by molar-refractivity contribution is 5.81. The van der Waals surface area contributed by atoms with Crippen molar-refractivity contribution in [2.24, 2.45) is 13.0 Å². The van der Waals surface area contributed by atoms with Crippen LogP contribution in [-0.2, 0) is 20.1 Å². The number of aryl methyl sites for hydroxylation is 2. The zero-order chi connectivity index (χ0) is 17.4. The van der Waals surface area contributed by atoms with Gasteiger partial charge in [0.25, 0.3) is 0 Å². The molecule has 0 aliphatic carbocycles. The number of nitrogens with zero attached hydrogens (tertiary/aromatic N) is 5. The topological polar surface area (TPSA) is 59.1 Å². The van der Waals surface area contributed by atoms with Crippen LogP contribution in [-0.4, -0.2) is 49.3 Å². The van der Waals surface area contributed by atoms with Gasteiger partial charge < -0.3 is 5.11 Å². The number of benzene rings is 1. The molecule has 25 heavy (non-hydrogen) atoms. The molecule has 1 aliphatic rings. The summed E-state index contributed by atoms with van der Waals surface area (Å²) >= 11 is 0. The second-order valence-corrected chi connectivity index (χ2v) is 6.97. The van der Waals surface area contributed by atoms with Crippen LogP contribution in [0.25, 0.3) is 10.9 Å². The second-order valence-electron chi connectivity index (χ2n) is 6.97. The highest BCUT2D eigenvalue weighted by atomic mass is 16.3. The molecule has 0 bridgehead atoms. The zero-order valence-electron chi connectivity index (χ0n) is 14.8. The molecule has 6 heteroatoms. The van der Waals surface area contributed by atoms with Gasteiger partial charge in [-0.25, -0.2) is 0 Å². The van der Waals surface area contributed by atoms with Crippen molar-refractivity contribution in [1.29, 1.82) is 0 Å². The molecule has 132 valence electrons. The van der Waals surface area contributed by atoms with E-state index in [1.54, 1.807) is 0 Å². The number of hydrogen-bond donors (Lipinski definition) is 1. The van der Waals surface area contributed by atoms with Gasteiger partial charge in [-0.15, -0.1) is 0 Å². The predicted molar refractivity (Wildman–Crippen MR) is 97.2 cm³/mol. The van der Waals surface area contributed by atoms with E-state index in [1.165, 1.54) is 16.5 Å². The molecule has 4 rings (SSSR count). The first-order valence-electron chi connectivity index (χ1n) is 8.95. The SMILES string of the molecule is CCn1nc(CN2C[C@@H](CO)[C@H](c3cnn(C)c3)C2)c2ccccc21. The van der Waals surface area contributed by atoms with E-state index in [-0.39, 0.29) is 12.5 Å². The summed E-state index contributed by atoms with van der Waals surface area (Å²) in [6, 6.07) is 8.43. The van der Waals surface area contributed by atoms with Crippen molar-refractivity contribution < 1.29 is 5.11 Å². The fourth-order valence-electron chi connectivity index (χ4n) is 4.05. The van der Waals surface area contributed by atoms with E-state index in [0.29, 0.717) is 5.92 Å². The molecule has 0 spiro atoms. The third kappa shape index (κ3) is 2.96. The van der Waals surface area contributed by atoms with Crippen LogP contribution in [0.15, 0.2) is 36.7 Å². The molecule has 1 aliphatic heterocycles. The lowest BCUT2D eigenvalue weighted by Gasteiger charge is -2.14. The molecule has 3 heterocycles. The van der Waals surface area contributed by atoms with E-state index in [0.717, 1.165) is 31.9 Å². The highest BCUT2D eigenvalue weighted by Gasteiger charge is 2.34. The first-order chi connectivity index (χ1) is 12.2. The Hall–Kier alpha value is -2.18. The molecule has 0 amide bonds. The molecule has 2 atom stereocenters. The molecule has 2 aromatic heterocycles. The summed E-state index contributed by atoms with van der Waals surface area (Å²) in [7, 11) is 1.94. The smallest absolute Gasteiger partial charge is 0.0843 e. The van der Waals surface area contributed by atoms with E-state index < -0.39 is 0 Å². The van der Waals surface area contributed by atoms with E-state index in [2.05, 4.69) is 52.1 Å². The van der Waals surface area contributed by atoms with Gasteiger partial charge in [-0.3, -0.25) is 14.3 Å². The van der Waals surface area contributed by atoms with Gasteiger partial charge in [-0.05, 0) is 18.6 Å². The Kier molecular flexibility index (Phi) is 4.31. The number of aromatic nitrogens is 4. The van der Waals surface area contributed by atoms with Crippen molar-refractivity contribution >= 4 is 10.9 Å². The van der Waals surface area contributed by atoms with Crippen LogP contribution in [0.1, 0.15) is 24.1 Å². The fourth-order valence-corrected chi connectivity index (χ4v) is 4.05. The van der Waals surface area contributed by atoms with Crippen LogP contribution >= 0.6 is 0 Å². The van der Waals surface area contributed by atoms with Crippen LogP contribution < -0.4 is 0 Å². The largest absolute Gasteiger partial charge is 0.396 e. The van der Waals surface area contributed by atoms with Crippen LogP contribution in [0.2, 0.25) is 0 Å². The maximum Gasteiger partial charge on any atom is 0.0843 e. The van der Waals surface area contributed by atoms with Crippen molar-refractivity contribution in [2.75, 3.05) is 19.7 Å². The van der Waals surface area contributed by atoms with E-state index in [9.17, 15) is 5.11 Å². The lowest BCUT2D eigenvalue weighted by atomic mass is 9.92. The molecule has 6 nitrogen and oxygen atoms in total. The molecule has 3 aromatic rings. The van der Waals surface area contributed by atoms with Crippen LogP contribution in [0.4, 0.5) is 0 Å². The molecule has 1 saturated heterocycles. The number of likely N-dealkylation sites (tertiary alicyclic amines) is 1. The number of hydrogen-bond acceptors (Lipinski definition) is 4. The van der Waals surface area contributed by atoms with Crippen molar-refractivity contribution in [3.05, 3.63) is 47.9 Å². The maximum absolute atomic E-state index is 9.83. The first-order valence-corrected chi connectivity index (χ1v) is 8.95. The number of rotatable bonds is 5. The average molecular weight is 339 g/mol. The number of aliphatic hydroxyl groups is 1. The molecule has 1 N–H and O–H groups in total. The minimum Gasteiger partial charge on any atom is -0.396 e. The Morgan fingerprint density at radius 1 is 1.24 bits per heavy atom. The first kappa shape index (κ1) is 16.3. The van der Waals surface area contributed by atoms with Crippen LogP contribution in [0.5, 0.6) is 0 Å². The summed E-state index contributed by atoms with van der Waals surface area (Å²) in [5.41, 5.74) is 3.54. The van der Waals surface area contributed by atoms with Crippen molar-refractivity contribution in [3.63, 3.8) is 0 Å². The lowest BCUT2D eigenvalue weighted by molar-refractivity contribution is 0.213. The quantitative estimate of drug-likeness (QED) is 0.772. The Morgan fingerprint density at radius 2 is 2.08 bits per heavy atom. The minimum atomic E-state index is 0.209. The molecular weight excluding hydrogens is 314 g/mol. The Balaban J connectivity index is 1.58. The summed E-state index contributed by atoms with van der Waals surface area (Å²) < 4.78 is 3.91. The molecule has 0 saturated carbocycles. The Labute approximate surface area is 147 Å². The van der Waals surface area contributed by atoms with Gasteiger partial charge in [0.2, 0.25) is 0 Å². The second kappa shape index (κ2) is 6.61. The van der Waals surface area contributed by atoms with Crippen molar-refractivity contribution in [3.8, 4) is 0 Å². The van der Waals surface area contributed by atoms with E-state index >= 15 is 0 Å². The van der Waals surface area contributed by atoms with Gasteiger partial charge in [-0.1, -0.05) is 18.2 Å². The summed E-state index contributed by atoms with van der Waals surface area (Å²) in [6.45, 7) is 5.85.